The van der Waals surface area contributed by atoms with Crippen molar-refractivity contribution in [2.24, 2.45) is 0 Å². The highest BCUT2D eigenvalue weighted by molar-refractivity contribution is 6.99. The highest BCUT2D eigenvalue weighted by atomic mass is 28.4. The van der Waals surface area contributed by atoms with Gasteiger partial charge >= 0.3 is 0 Å². The van der Waals surface area contributed by atoms with Crippen molar-refractivity contribution in [3.63, 3.8) is 0 Å². The Balaban J connectivity index is 1.36. The second-order valence-corrected chi connectivity index (χ2v) is 17.6. The zero-order valence-corrected chi connectivity index (χ0v) is 28.9. The van der Waals surface area contributed by atoms with Crippen LogP contribution < -0.4 is 10.4 Å². The lowest BCUT2D eigenvalue weighted by molar-refractivity contribution is -0.217. The van der Waals surface area contributed by atoms with Crippen LogP contribution in [0.3, 0.4) is 0 Å². The van der Waals surface area contributed by atoms with E-state index in [1.807, 2.05) is 18.2 Å². The van der Waals surface area contributed by atoms with Gasteiger partial charge in [-0.05, 0) is 32.1 Å². The maximum atomic E-state index is 7.59. The summed E-state index contributed by atoms with van der Waals surface area (Å²) in [7, 11) is -1.06. The van der Waals surface area contributed by atoms with Crippen LogP contribution in [0.25, 0.3) is 0 Å². The Bertz CT molecular complexity index is 1520. The maximum absolute atomic E-state index is 7.59. The van der Waals surface area contributed by atoms with Gasteiger partial charge in [0, 0.05) is 20.0 Å². The molecule has 1 saturated heterocycles. The Morgan fingerprint density at radius 3 is 1.38 bits per heavy atom. The Morgan fingerprint density at radius 2 is 1.00 bits per heavy atom. The summed E-state index contributed by atoms with van der Waals surface area (Å²) < 4.78 is 27.3. The third kappa shape index (κ3) is 6.78. The molecule has 0 bridgehead atoms. The van der Waals surface area contributed by atoms with Crippen molar-refractivity contribution in [2.75, 3.05) is 13.7 Å². The quantitative estimate of drug-likeness (QED) is 0.108. The van der Waals surface area contributed by atoms with E-state index in [1.165, 1.54) is 10.4 Å². The summed E-state index contributed by atoms with van der Waals surface area (Å²) in [5.74, 6) is 0. The molecule has 0 unspecified atom stereocenters. The second-order valence-electron chi connectivity index (χ2n) is 13.4. The monoisotopic (exact) mass is 642 g/mol. The fraction of sp³-hybridized carbons (Fsp3) is 0.286. The van der Waals surface area contributed by atoms with Gasteiger partial charge in [0.1, 0.15) is 5.60 Å². The van der Waals surface area contributed by atoms with Gasteiger partial charge in [-0.3, -0.25) is 0 Å². The third-order valence-corrected chi connectivity index (χ3v) is 14.5. The Kier molecular flexibility index (Phi) is 10.2. The zero-order valence-electron chi connectivity index (χ0n) is 27.9. The summed E-state index contributed by atoms with van der Waals surface area (Å²) >= 11 is 0. The SMILES string of the molecule is CO[C@H]1C[C@@H](O[Si](c2ccccc2)(c2ccccc2)C(C)(C)C)C[C@H](COC(c2ccccc2)(c2ccccc2)c2ccccc2)O1. The van der Waals surface area contributed by atoms with Crippen LogP contribution in [0, 0.1) is 0 Å². The summed E-state index contributed by atoms with van der Waals surface area (Å²) in [6.45, 7) is 7.32. The normalized spacial score (nSPS) is 18.9. The fourth-order valence-electron chi connectivity index (χ4n) is 7.21. The van der Waals surface area contributed by atoms with E-state index in [2.05, 4.69) is 154 Å². The van der Waals surface area contributed by atoms with Crippen LogP contribution >= 0.6 is 0 Å². The van der Waals surface area contributed by atoms with Crippen molar-refractivity contribution < 1.29 is 18.6 Å². The molecular formula is C42H46O4Si. The van der Waals surface area contributed by atoms with Crippen molar-refractivity contribution in [1.82, 2.24) is 0 Å². The minimum Gasteiger partial charge on any atom is -0.404 e. The first-order valence-electron chi connectivity index (χ1n) is 16.6. The molecule has 1 fully saturated rings. The van der Waals surface area contributed by atoms with Gasteiger partial charge in [-0.15, -0.1) is 0 Å². The molecule has 0 amide bonds. The van der Waals surface area contributed by atoms with E-state index in [9.17, 15) is 0 Å². The molecule has 5 aromatic rings. The molecule has 5 heteroatoms. The largest absolute Gasteiger partial charge is 0.404 e. The van der Waals surface area contributed by atoms with E-state index in [0.29, 0.717) is 19.4 Å². The van der Waals surface area contributed by atoms with Crippen LogP contribution in [0.1, 0.15) is 50.3 Å². The molecule has 47 heavy (non-hydrogen) atoms. The average molecular weight is 643 g/mol. The summed E-state index contributed by atoms with van der Waals surface area (Å²) in [6, 6.07) is 53.1. The summed E-state index contributed by atoms with van der Waals surface area (Å²) in [6.07, 6.45) is 0.609. The summed E-state index contributed by atoms with van der Waals surface area (Å²) in [5.41, 5.74) is 2.37. The smallest absolute Gasteiger partial charge is 0.261 e. The molecule has 1 heterocycles. The Morgan fingerprint density at radius 1 is 0.596 bits per heavy atom. The van der Waals surface area contributed by atoms with Gasteiger partial charge in [0.15, 0.2) is 6.29 Å². The van der Waals surface area contributed by atoms with E-state index in [1.54, 1.807) is 7.11 Å². The topological polar surface area (TPSA) is 36.9 Å². The molecule has 5 aromatic carbocycles. The average Bonchev–Trinajstić information content (AvgIpc) is 3.12. The van der Waals surface area contributed by atoms with Crippen molar-refractivity contribution in [3.8, 4) is 0 Å². The zero-order chi connectivity index (χ0) is 32.7. The molecule has 1 aliphatic rings. The number of rotatable bonds is 11. The standard InChI is InChI=1S/C42H46O4Si/c1-41(2,3)47(38-26-16-8-17-27-38,39-28-18-9-19-29-39)46-36-30-37(45-40(31-36)43-4)32-44-42(33-20-10-5-11-21-33,34-22-12-6-13-23-34)35-24-14-7-15-25-35/h5-29,36-37,40H,30-32H2,1-4H3/t36-,37+,40+/m0/s1. The lowest BCUT2D eigenvalue weighted by Gasteiger charge is -2.47. The summed E-state index contributed by atoms with van der Waals surface area (Å²) in [5, 5.41) is 2.40. The molecule has 1 aliphatic heterocycles. The van der Waals surface area contributed by atoms with Crippen LogP contribution in [-0.2, 0) is 24.2 Å². The number of ether oxygens (including phenoxy) is 3. The molecule has 4 nitrogen and oxygen atoms in total. The van der Waals surface area contributed by atoms with Gasteiger partial charge < -0.3 is 18.6 Å². The Hall–Kier alpha value is -3.84. The predicted molar refractivity (Wildman–Crippen MR) is 193 cm³/mol. The lowest BCUT2D eigenvalue weighted by Crippen LogP contribution is -2.68. The van der Waals surface area contributed by atoms with Crippen molar-refractivity contribution >= 4 is 18.7 Å². The molecule has 0 radical (unpaired) electrons. The van der Waals surface area contributed by atoms with E-state index in [4.69, 9.17) is 18.6 Å². The van der Waals surface area contributed by atoms with Gasteiger partial charge in [-0.1, -0.05) is 172 Å². The van der Waals surface area contributed by atoms with Crippen LogP contribution in [0.2, 0.25) is 5.04 Å². The maximum Gasteiger partial charge on any atom is 0.261 e. The van der Waals surface area contributed by atoms with Gasteiger partial charge in [0.05, 0.1) is 18.8 Å². The van der Waals surface area contributed by atoms with Gasteiger partial charge in [-0.25, -0.2) is 0 Å². The van der Waals surface area contributed by atoms with Crippen molar-refractivity contribution in [3.05, 3.63) is 168 Å². The van der Waals surface area contributed by atoms with E-state index in [0.717, 1.165) is 16.7 Å². The minimum atomic E-state index is -2.78. The number of methoxy groups -OCH3 is 1. The van der Waals surface area contributed by atoms with Crippen LogP contribution in [-0.4, -0.2) is 40.5 Å². The van der Waals surface area contributed by atoms with Crippen LogP contribution in [0.15, 0.2) is 152 Å². The molecule has 6 rings (SSSR count). The van der Waals surface area contributed by atoms with Crippen LogP contribution in [0.5, 0.6) is 0 Å². The summed E-state index contributed by atoms with van der Waals surface area (Å²) in [4.78, 5) is 0. The number of benzene rings is 5. The molecule has 0 spiro atoms. The first kappa shape index (κ1) is 33.1. The molecular weight excluding hydrogens is 597 g/mol. The molecule has 0 saturated carbocycles. The molecule has 0 aromatic heterocycles. The van der Waals surface area contributed by atoms with Crippen molar-refractivity contribution in [2.45, 2.75) is 62.8 Å². The first-order valence-corrected chi connectivity index (χ1v) is 18.6. The molecule has 0 N–H and O–H groups in total. The molecule has 0 aliphatic carbocycles. The van der Waals surface area contributed by atoms with Gasteiger partial charge in [0.25, 0.3) is 8.32 Å². The molecule has 242 valence electrons. The lowest BCUT2D eigenvalue weighted by atomic mass is 9.80. The second kappa shape index (κ2) is 14.5. The van der Waals surface area contributed by atoms with Crippen LogP contribution in [0.4, 0.5) is 0 Å². The van der Waals surface area contributed by atoms with Gasteiger partial charge in [0.2, 0.25) is 0 Å². The highest BCUT2D eigenvalue weighted by Crippen LogP contribution is 2.42. The van der Waals surface area contributed by atoms with Crippen molar-refractivity contribution in [1.29, 1.82) is 0 Å². The van der Waals surface area contributed by atoms with E-state index < -0.39 is 20.2 Å². The van der Waals surface area contributed by atoms with E-state index >= 15 is 0 Å². The third-order valence-electron chi connectivity index (χ3n) is 9.38. The highest BCUT2D eigenvalue weighted by Gasteiger charge is 2.52. The first-order chi connectivity index (χ1) is 22.9. The van der Waals surface area contributed by atoms with E-state index in [-0.39, 0.29) is 17.2 Å². The number of hydrogen-bond acceptors (Lipinski definition) is 4. The number of hydrogen-bond donors (Lipinski definition) is 0. The fourth-order valence-corrected chi connectivity index (χ4v) is 11.9. The Labute approximate surface area is 281 Å². The van der Waals surface area contributed by atoms with Gasteiger partial charge in [-0.2, -0.15) is 0 Å². The predicted octanol–water partition coefficient (Wildman–Crippen LogP) is 8.09. The molecule has 3 atom stereocenters. The minimum absolute atomic E-state index is 0.0896.